The lowest BCUT2D eigenvalue weighted by Crippen LogP contribution is -2.57. The molecule has 164 valence electrons. The van der Waals surface area contributed by atoms with Crippen molar-refractivity contribution in [3.05, 3.63) is 0 Å². The third-order valence-electron chi connectivity index (χ3n) is 10.9. The van der Waals surface area contributed by atoms with Crippen LogP contribution >= 0.6 is 0 Å². The zero-order valence-electron chi connectivity index (χ0n) is 19.5. The van der Waals surface area contributed by atoms with Gasteiger partial charge in [-0.05, 0) is 105 Å². The Balaban J connectivity index is 1.33. The van der Waals surface area contributed by atoms with E-state index in [1.165, 1.54) is 77.0 Å². The van der Waals surface area contributed by atoms with Gasteiger partial charge in [-0.3, -0.25) is 0 Å². The molecule has 2 bridgehead atoms. The first-order chi connectivity index (χ1) is 13.9. The summed E-state index contributed by atoms with van der Waals surface area (Å²) in [5, 5.41) is 4.50. The van der Waals surface area contributed by atoms with Crippen LogP contribution in [0.1, 0.15) is 105 Å². The maximum atomic E-state index is 5.75. The van der Waals surface area contributed by atoms with Crippen LogP contribution < -0.4 is 0 Å². The van der Waals surface area contributed by atoms with Crippen molar-refractivity contribution in [3.8, 4) is 0 Å². The summed E-state index contributed by atoms with van der Waals surface area (Å²) >= 11 is 0. The molecule has 0 unspecified atom stereocenters. The van der Waals surface area contributed by atoms with Crippen LogP contribution in [-0.2, 0) is 4.84 Å². The predicted molar refractivity (Wildman–Crippen MR) is 121 cm³/mol. The van der Waals surface area contributed by atoms with Crippen LogP contribution in [-0.4, -0.2) is 12.3 Å². The van der Waals surface area contributed by atoms with Crippen molar-refractivity contribution in [3.63, 3.8) is 0 Å². The van der Waals surface area contributed by atoms with E-state index < -0.39 is 0 Å². The highest BCUT2D eigenvalue weighted by Gasteiger charge is 2.62. The number of oxime groups is 1. The van der Waals surface area contributed by atoms with Crippen molar-refractivity contribution in [1.82, 2.24) is 0 Å². The molecule has 9 atom stereocenters. The number of hydrogen-bond donors (Lipinski definition) is 0. The third kappa shape index (κ3) is 3.21. The van der Waals surface area contributed by atoms with Crippen molar-refractivity contribution in [2.24, 2.45) is 57.4 Å². The van der Waals surface area contributed by atoms with E-state index >= 15 is 0 Å². The fourth-order valence-electron chi connectivity index (χ4n) is 9.52. The van der Waals surface area contributed by atoms with Crippen molar-refractivity contribution < 1.29 is 4.84 Å². The fourth-order valence-corrected chi connectivity index (χ4v) is 9.52. The third-order valence-corrected chi connectivity index (χ3v) is 10.9. The summed E-state index contributed by atoms with van der Waals surface area (Å²) in [6.45, 7) is 10.1. The summed E-state index contributed by atoms with van der Waals surface area (Å²) in [5.74, 6) is 6.47. The van der Waals surface area contributed by atoms with E-state index in [1.54, 1.807) is 0 Å². The quantitative estimate of drug-likeness (QED) is 0.470. The molecule has 4 saturated carbocycles. The molecule has 1 aliphatic heterocycles. The molecule has 2 nitrogen and oxygen atoms in total. The minimum atomic E-state index is 0.395. The highest BCUT2D eigenvalue weighted by Crippen LogP contribution is 2.68. The van der Waals surface area contributed by atoms with Gasteiger partial charge in [-0.2, -0.15) is 0 Å². The fraction of sp³-hybridized carbons (Fsp3) is 0.963. The van der Waals surface area contributed by atoms with Crippen LogP contribution in [0.5, 0.6) is 0 Å². The van der Waals surface area contributed by atoms with E-state index in [9.17, 15) is 0 Å². The molecule has 0 N–H and O–H groups in total. The van der Waals surface area contributed by atoms with Gasteiger partial charge in [0.15, 0.2) is 0 Å². The molecule has 1 heterocycles. The summed E-state index contributed by atoms with van der Waals surface area (Å²) < 4.78 is 0. The topological polar surface area (TPSA) is 21.6 Å². The van der Waals surface area contributed by atoms with Crippen molar-refractivity contribution in [2.75, 3.05) is 0 Å². The summed E-state index contributed by atoms with van der Waals surface area (Å²) in [4.78, 5) is 5.75. The van der Waals surface area contributed by atoms with Crippen molar-refractivity contribution in [1.29, 1.82) is 0 Å². The van der Waals surface area contributed by atoms with Gasteiger partial charge in [-0.1, -0.05) is 52.1 Å². The molecule has 29 heavy (non-hydrogen) atoms. The first kappa shape index (κ1) is 20.4. The van der Waals surface area contributed by atoms with E-state index in [1.807, 2.05) is 0 Å². The van der Waals surface area contributed by atoms with Crippen LogP contribution in [0.25, 0.3) is 0 Å². The van der Waals surface area contributed by atoms with Gasteiger partial charge in [0.1, 0.15) is 6.10 Å². The molecule has 4 aliphatic carbocycles. The average Bonchev–Trinajstić information content (AvgIpc) is 3.04. The highest BCUT2D eigenvalue weighted by atomic mass is 16.6. The van der Waals surface area contributed by atoms with Gasteiger partial charge in [0.05, 0.1) is 6.21 Å². The molecule has 5 aliphatic rings. The van der Waals surface area contributed by atoms with Gasteiger partial charge < -0.3 is 4.84 Å². The molecule has 0 aromatic heterocycles. The minimum Gasteiger partial charge on any atom is -0.393 e. The average molecular weight is 400 g/mol. The molecule has 2 heteroatoms. The molecule has 0 aromatic rings. The normalized spacial score (nSPS) is 49.1. The highest BCUT2D eigenvalue weighted by molar-refractivity contribution is 5.68. The van der Waals surface area contributed by atoms with Crippen LogP contribution in [0.15, 0.2) is 5.16 Å². The summed E-state index contributed by atoms with van der Waals surface area (Å²) in [7, 11) is 0. The summed E-state index contributed by atoms with van der Waals surface area (Å²) in [6.07, 6.45) is 19.9. The van der Waals surface area contributed by atoms with Gasteiger partial charge in [0.2, 0.25) is 0 Å². The first-order valence-electron chi connectivity index (χ1n) is 13.1. The van der Waals surface area contributed by atoms with Crippen LogP contribution in [0.3, 0.4) is 0 Å². The lowest BCUT2D eigenvalue weighted by atomic mass is 9.44. The minimum absolute atomic E-state index is 0.395. The molecular weight excluding hydrogens is 354 g/mol. The molecule has 4 fully saturated rings. The molecule has 5 rings (SSSR count). The summed E-state index contributed by atoms with van der Waals surface area (Å²) in [5.41, 5.74) is 1.00. The second kappa shape index (κ2) is 7.56. The second-order valence-electron chi connectivity index (χ2n) is 12.5. The van der Waals surface area contributed by atoms with Gasteiger partial charge in [0.25, 0.3) is 0 Å². The molecule has 0 radical (unpaired) electrons. The molecular formula is C27H45NO. The largest absolute Gasteiger partial charge is 0.393 e. The van der Waals surface area contributed by atoms with E-state index in [-0.39, 0.29) is 0 Å². The SMILES string of the molecule is CC(C)CCC[C@H](C)[C@@H]1CC[C@@H]2[C@H]3CC[C@H]4CC[C@H]5C[C@@]4(C=NO5)[C@@H]3CC[C@@]21C. The van der Waals surface area contributed by atoms with Crippen LogP contribution in [0.2, 0.25) is 0 Å². The van der Waals surface area contributed by atoms with Crippen molar-refractivity contribution in [2.45, 2.75) is 111 Å². The Morgan fingerprint density at radius 1 is 0.966 bits per heavy atom. The molecule has 1 spiro atoms. The van der Waals surface area contributed by atoms with E-state index in [0.29, 0.717) is 16.9 Å². The first-order valence-corrected chi connectivity index (χ1v) is 13.1. The monoisotopic (exact) mass is 399 g/mol. The Labute approximate surface area is 179 Å². The Kier molecular flexibility index (Phi) is 5.31. The van der Waals surface area contributed by atoms with Gasteiger partial charge in [0, 0.05) is 5.41 Å². The molecule has 0 saturated heterocycles. The van der Waals surface area contributed by atoms with Crippen molar-refractivity contribution >= 4 is 6.21 Å². The lowest BCUT2D eigenvalue weighted by Gasteiger charge is -2.61. The Morgan fingerprint density at radius 2 is 1.79 bits per heavy atom. The van der Waals surface area contributed by atoms with E-state index in [0.717, 1.165) is 41.4 Å². The predicted octanol–water partition coefficient (Wildman–Crippen LogP) is 7.47. The summed E-state index contributed by atoms with van der Waals surface area (Å²) in [6, 6.07) is 0. The Morgan fingerprint density at radius 3 is 2.62 bits per heavy atom. The maximum Gasteiger partial charge on any atom is 0.128 e. The van der Waals surface area contributed by atoms with E-state index in [4.69, 9.17) is 4.84 Å². The zero-order valence-corrected chi connectivity index (χ0v) is 19.5. The Hall–Kier alpha value is -0.530. The Bertz CT molecular complexity index is 628. The molecule has 0 aromatic carbocycles. The van der Waals surface area contributed by atoms with E-state index in [2.05, 4.69) is 39.1 Å². The molecule has 0 amide bonds. The number of fused-ring (bicyclic) bond motifs is 4. The smallest absolute Gasteiger partial charge is 0.128 e. The maximum absolute atomic E-state index is 5.75. The second-order valence-corrected chi connectivity index (χ2v) is 12.5. The standard InChI is InChI=1S/C27H45NO/c1-18(2)6-5-7-19(3)23-12-13-24-22-11-9-20-8-10-21-16-27(20,17-28-29-21)25(22)14-15-26(23,24)4/h17-25H,5-16H2,1-4H3/t19-,20+,21-,22+,23-,24+,25+,26+,27-/m0/s1. The van der Waals surface area contributed by atoms with Gasteiger partial charge >= 0.3 is 0 Å². The van der Waals surface area contributed by atoms with Crippen LogP contribution in [0, 0.1) is 52.3 Å². The number of nitrogens with zero attached hydrogens (tertiary/aromatic N) is 1. The number of hydrogen-bond acceptors (Lipinski definition) is 2. The van der Waals surface area contributed by atoms with Gasteiger partial charge in [-0.15, -0.1) is 0 Å². The van der Waals surface area contributed by atoms with Gasteiger partial charge in [-0.25, -0.2) is 0 Å². The number of rotatable bonds is 5. The lowest BCUT2D eigenvalue weighted by molar-refractivity contribution is -0.129. The zero-order chi connectivity index (χ0) is 20.2. The van der Waals surface area contributed by atoms with Crippen LogP contribution in [0.4, 0.5) is 0 Å².